The highest BCUT2D eigenvalue weighted by Crippen LogP contribution is 2.29. The number of hydrogen-bond acceptors (Lipinski definition) is 6. The lowest BCUT2D eigenvalue weighted by Gasteiger charge is -2.15. The predicted octanol–water partition coefficient (Wildman–Crippen LogP) is 1.82. The van der Waals surface area contributed by atoms with Crippen LogP contribution in [0, 0.1) is 11.6 Å². The average Bonchev–Trinajstić information content (AvgIpc) is 2.94. The number of benzene rings is 1. The third-order valence-electron chi connectivity index (χ3n) is 3.99. The minimum Gasteiger partial charge on any atom is -0.493 e. The van der Waals surface area contributed by atoms with E-state index in [-0.39, 0.29) is 36.7 Å². The monoisotopic (exact) mass is 384 g/mol. The van der Waals surface area contributed by atoms with Gasteiger partial charge in [-0.2, -0.15) is 0 Å². The van der Waals surface area contributed by atoms with Crippen molar-refractivity contribution in [2.45, 2.75) is 19.8 Å². The number of methoxy groups -OCH3 is 1. The van der Waals surface area contributed by atoms with Gasteiger partial charge in [0.2, 0.25) is 0 Å². The fourth-order valence-corrected chi connectivity index (χ4v) is 2.56. The number of unbranched alkanes of at least 4 members (excludes halogenated alkanes) is 1. The number of rotatable bonds is 9. The standard InChI is InChI=1S/C18H22F2N2O5/c1-3-4-7-27-11-8-13(19)16(14(20)9-11)21-15-12(18(25)26-2)10-22(5-6-23)17(15)24/h8-9,21,23H,3-7,10H2,1-2H3. The summed E-state index contributed by atoms with van der Waals surface area (Å²) in [6, 6.07) is 2.01. The van der Waals surface area contributed by atoms with Gasteiger partial charge in [-0.25, -0.2) is 13.6 Å². The second kappa shape index (κ2) is 9.31. The summed E-state index contributed by atoms with van der Waals surface area (Å²) in [5.74, 6) is -3.36. The summed E-state index contributed by atoms with van der Waals surface area (Å²) in [5, 5.41) is 11.4. The molecule has 0 atom stereocenters. The molecule has 148 valence electrons. The molecule has 0 fully saturated rings. The van der Waals surface area contributed by atoms with Gasteiger partial charge < -0.3 is 24.8 Å². The number of aliphatic hydroxyl groups is 1. The Morgan fingerprint density at radius 3 is 2.56 bits per heavy atom. The molecule has 0 saturated carbocycles. The Morgan fingerprint density at radius 2 is 2.00 bits per heavy atom. The Morgan fingerprint density at radius 1 is 1.33 bits per heavy atom. The lowest BCUT2D eigenvalue weighted by atomic mass is 10.2. The van der Waals surface area contributed by atoms with E-state index in [4.69, 9.17) is 9.84 Å². The Hall–Kier alpha value is -2.68. The van der Waals surface area contributed by atoms with Crippen molar-refractivity contribution in [2.24, 2.45) is 0 Å². The third-order valence-corrected chi connectivity index (χ3v) is 3.99. The van der Waals surface area contributed by atoms with Crippen molar-refractivity contribution in [2.75, 3.05) is 38.7 Å². The van der Waals surface area contributed by atoms with Crippen molar-refractivity contribution in [3.8, 4) is 5.75 Å². The number of anilines is 1. The van der Waals surface area contributed by atoms with Gasteiger partial charge in [-0.1, -0.05) is 13.3 Å². The van der Waals surface area contributed by atoms with Crippen molar-refractivity contribution in [3.05, 3.63) is 35.0 Å². The van der Waals surface area contributed by atoms with Crippen molar-refractivity contribution >= 4 is 17.6 Å². The summed E-state index contributed by atoms with van der Waals surface area (Å²) in [5.41, 5.74) is -0.931. The summed E-state index contributed by atoms with van der Waals surface area (Å²) < 4.78 is 38.6. The molecule has 0 aliphatic carbocycles. The summed E-state index contributed by atoms with van der Waals surface area (Å²) >= 11 is 0. The Kier molecular flexibility index (Phi) is 7.12. The normalized spacial score (nSPS) is 14.0. The SMILES string of the molecule is CCCCOc1cc(F)c(NC2=C(C(=O)OC)CN(CCO)C2=O)c(F)c1. The van der Waals surface area contributed by atoms with Crippen LogP contribution in [0.15, 0.2) is 23.4 Å². The molecule has 1 aromatic rings. The molecular formula is C18H22F2N2O5. The quantitative estimate of drug-likeness (QED) is 0.499. The van der Waals surface area contributed by atoms with Gasteiger partial charge >= 0.3 is 5.97 Å². The van der Waals surface area contributed by atoms with Crippen molar-refractivity contribution in [1.82, 2.24) is 4.90 Å². The molecule has 0 bridgehead atoms. The molecule has 0 saturated heterocycles. The van der Waals surface area contributed by atoms with Gasteiger partial charge in [0.1, 0.15) is 17.1 Å². The third kappa shape index (κ3) is 4.73. The fraction of sp³-hybridized carbons (Fsp3) is 0.444. The van der Waals surface area contributed by atoms with Gasteiger partial charge in [0.15, 0.2) is 11.6 Å². The lowest BCUT2D eigenvalue weighted by Crippen LogP contribution is -2.31. The number of hydrogen-bond donors (Lipinski definition) is 2. The maximum atomic E-state index is 14.4. The number of carbonyl (C=O) groups excluding carboxylic acids is 2. The molecule has 27 heavy (non-hydrogen) atoms. The van der Waals surface area contributed by atoms with Crippen LogP contribution in [0.2, 0.25) is 0 Å². The van der Waals surface area contributed by atoms with E-state index in [2.05, 4.69) is 10.1 Å². The van der Waals surface area contributed by atoms with Crippen LogP contribution in [0.5, 0.6) is 5.75 Å². The van der Waals surface area contributed by atoms with Crippen LogP contribution < -0.4 is 10.1 Å². The van der Waals surface area contributed by atoms with Crippen LogP contribution >= 0.6 is 0 Å². The topological polar surface area (TPSA) is 88.1 Å². The van der Waals surface area contributed by atoms with E-state index in [9.17, 15) is 18.4 Å². The highest BCUT2D eigenvalue weighted by Gasteiger charge is 2.35. The lowest BCUT2D eigenvalue weighted by molar-refractivity contribution is -0.136. The second-order valence-corrected chi connectivity index (χ2v) is 5.88. The van der Waals surface area contributed by atoms with E-state index < -0.39 is 29.2 Å². The zero-order valence-corrected chi connectivity index (χ0v) is 15.2. The molecule has 0 spiro atoms. The molecule has 1 aliphatic heterocycles. The fourth-order valence-electron chi connectivity index (χ4n) is 2.56. The van der Waals surface area contributed by atoms with Crippen LogP contribution in [-0.4, -0.2) is 55.3 Å². The van der Waals surface area contributed by atoms with E-state index >= 15 is 0 Å². The number of halogens is 2. The molecule has 0 unspecified atom stereocenters. The summed E-state index contributed by atoms with van der Waals surface area (Å²) in [4.78, 5) is 25.5. The molecule has 2 rings (SSSR count). The van der Waals surface area contributed by atoms with Crippen LogP contribution in [0.1, 0.15) is 19.8 Å². The summed E-state index contributed by atoms with van der Waals surface area (Å²) in [7, 11) is 1.13. The highest BCUT2D eigenvalue weighted by molar-refractivity contribution is 6.08. The number of amides is 1. The maximum Gasteiger partial charge on any atom is 0.337 e. The Bertz CT molecular complexity index is 728. The first-order valence-electron chi connectivity index (χ1n) is 8.53. The molecule has 2 N–H and O–H groups in total. The van der Waals surface area contributed by atoms with E-state index in [1.165, 1.54) is 4.90 Å². The Balaban J connectivity index is 2.29. The maximum absolute atomic E-state index is 14.4. The van der Waals surface area contributed by atoms with E-state index in [1.54, 1.807) is 0 Å². The van der Waals surface area contributed by atoms with E-state index in [0.29, 0.717) is 6.61 Å². The van der Waals surface area contributed by atoms with Gasteiger partial charge in [0.05, 0.1) is 32.4 Å². The molecular weight excluding hydrogens is 362 g/mol. The smallest absolute Gasteiger partial charge is 0.337 e. The van der Waals surface area contributed by atoms with Crippen molar-refractivity contribution in [1.29, 1.82) is 0 Å². The first-order valence-corrected chi connectivity index (χ1v) is 8.53. The molecule has 7 nitrogen and oxygen atoms in total. The van der Waals surface area contributed by atoms with Crippen molar-refractivity contribution < 1.29 is 33.0 Å². The number of β-amino-alcohol motifs (C(OH)–C–C–N with tert-alkyl or cyclic N) is 1. The predicted molar refractivity (Wildman–Crippen MR) is 93.1 cm³/mol. The summed E-state index contributed by atoms with van der Waals surface area (Å²) in [6.07, 6.45) is 1.62. The van der Waals surface area contributed by atoms with Crippen LogP contribution in [0.3, 0.4) is 0 Å². The Labute approximate surface area is 155 Å². The number of nitrogens with one attached hydrogen (secondary N) is 1. The van der Waals surface area contributed by atoms with Crippen molar-refractivity contribution in [3.63, 3.8) is 0 Å². The molecule has 0 radical (unpaired) electrons. The van der Waals surface area contributed by atoms with Gasteiger partial charge in [-0.05, 0) is 6.42 Å². The van der Waals surface area contributed by atoms with Crippen LogP contribution in [-0.2, 0) is 14.3 Å². The van der Waals surface area contributed by atoms with Gasteiger partial charge in [-0.15, -0.1) is 0 Å². The molecule has 9 heteroatoms. The summed E-state index contributed by atoms with van der Waals surface area (Å²) in [6.45, 7) is 1.81. The molecule has 1 heterocycles. The number of nitrogens with zero attached hydrogens (tertiary/aromatic N) is 1. The second-order valence-electron chi connectivity index (χ2n) is 5.88. The molecule has 1 amide bonds. The molecule has 0 aromatic heterocycles. The van der Waals surface area contributed by atoms with E-state index in [1.807, 2.05) is 6.92 Å². The number of carbonyl (C=O) groups is 2. The zero-order valence-electron chi connectivity index (χ0n) is 15.2. The first-order chi connectivity index (χ1) is 12.9. The number of aliphatic hydroxyl groups excluding tert-OH is 1. The highest BCUT2D eigenvalue weighted by atomic mass is 19.1. The minimum atomic E-state index is -0.966. The van der Waals surface area contributed by atoms with Gasteiger partial charge in [0, 0.05) is 18.7 Å². The van der Waals surface area contributed by atoms with Gasteiger partial charge in [-0.3, -0.25) is 4.79 Å². The first kappa shape index (κ1) is 20.6. The largest absolute Gasteiger partial charge is 0.493 e. The van der Waals surface area contributed by atoms with Crippen LogP contribution in [0.4, 0.5) is 14.5 Å². The van der Waals surface area contributed by atoms with Crippen LogP contribution in [0.25, 0.3) is 0 Å². The molecule has 1 aliphatic rings. The average molecular weight is 384 g/mol. The zero-order chi connectivity index (χ0) is 20.0. The number of esters is 1. The van der Waals surface area contributed by atoms with Gasteiger partial charge in [0.25, 0.3) is 5.91 Å². The number of ether oxygens (including phenoxy) is 2. The van der Waals surface area contributed by atoms with E-state index in [0.717, 1.165) is 32.1 Å². The molecule has 1 aromatic carbocycles. The minimum absolute atomic E-state index is 0.0281.